The highest BCUT2D eigenvalue weighted by Gasteiger charge is 2.06. The largest absolute Gasteiger partial charge is 0.487 e. The predicted octanol–water partition coefficient (Wildman–Crippen LogP) is 4.60. The van der Waals surface area contributed by atoms with E-state index in [0.717, 1.165) is 18.1 Å². The molecule has 0 amide bonds. The fraction of sp³-hybridized carbons (Fsp3) is 0.389. The number of benzene rings is 1. The Balaban J connectivity index is 2.02. The van der Waals surface area contributed by atoms with Crippen LogP contribution in [0, 0.1) is 0 Å². The van der Waals surface area contributed by atoms with Crippen LogP contribution in [0.4, 0.5) is 5.82 Å². The van der Waals surface area contributed by atoms with Gasteiger partial charge in [-0.1, -0.05) is 38.1 Å². The van der Waals surface area contributed by atoms with Gasteiger partial charge in [0.05, 0.1) is 6.10 Å². The van der Waals surface area contributed by atoms with E-state index in [1.54, 1.807) is 6.20 Å². The number of anilines is 1. The lowest BCUT2D eigenvalue weighted by Crippen LogP contribution is -2.09. The first-order valence-corrected chi connectivity index (χ1v) is 7.50. The third-order valence-corrected chi connectivity index (χ3v) is 3.24. The number of ether oxygens (including phenoxy) is 1. The molecule has 21 heavy (non-hydrogen) atoms. The minimum atomic E-state index is 0.139. The average Bonchev–Trinajstić information content (AvgIpc) is 2.46. The number of pyridine rings is 1. The van der Waals surface area contributed by atoms with E-state index in [-0.39, 0.29) is 6.10 Å². The normalized spacial score (nSPS) is 11.0. The Hall–Kier alpha value is -2.03. The molecule has 3 heteroatoms. The van der Waals surface area contributed by atoms with Gasteiger partial charge in [-0.05, 0) is 43.0 Å². The molecule has 0 radical (unpaired) electrons. The summed E-state index contributed by atoms with van der Waals surface area (Å²) in [5.41, 5.74) is 2.60. The number of rotatable bonds is 6. The molecule has 1 N–H and O–H groups in total. The molecule has 0 spiro atoms. The Morgan fingerprint density at radius 1 is 1.05 bits per heavy atom. The molecule has 112 valence electrons. The minimum Gasteiger partial charge on any atom is -0.487 e. The van der Waals surface area contributed by atoms with Gasteiger partial charge in [-0.15, -0.1) is 0 Å². The van der Waals surface area contributed by atoms with E-state index in [2.05, 4.69) is 48.4 Å². The molecule has 0 atom stereocenters. The molecule has 0 aliphatic heterocycles. The van der Waals surface area contributed by atoms with E-state index < -0.39 is 0 Å². The van der Waals surface area contributed by atoms with E-state index in [9.17, 15) is 0 Å². The van der Waals surface area contributed by atoms with Crippen LogP contribution in [0.15, 0.2) is 42.6 Å². The molecule has 2 rings (SSSR count). The lowest BCUT2D eigenvalue weighted by molar-refractivity contribution is 0.243. The maximum Gasteiger partial charge on any atom is 0.169 e. The van der Waals surface area contributed by atoms with Crippen LogP contribution >= 0.6 is 0 Å². The molecule has 0 saturated carbocycles. The van der Waals surface area contributed by atoms with E-state index in [0.29, 0.717) is 5.92 Å². The molecule has 1 heterocycles. The topological polar surface area (TPSA) is 34.1 Å². The SMILES string of the molecule is CC(C)Oc1cccnc1NCc1ccc(C(C)C)cc1. The maximum atomic E-state index is 5.76. The lowest BCUT2D eigenvalue weighted by atomic mass is 10.0. The number of aromatic nitrogens is 1. The molecule has 1 aromatic carbocycles. The zero-order chi connectivity index (χ0) is 15.2. The maximum absolute atomic E-state index is 5.76. The summed E-state index contributed by atoms with van der Waals surface area (Å²) in [5, 5.41) is 3.35. The Bertz CT molecular complexity index is 562. The van der Waals surface area contributed by atoms with Gasteiger partial charge in [0.2, 0.25) is 0 Å². The van der Waals surface area contributed by atoms with Gasteiger partial charge in [0.1, 0.15) is 0 Å². The van der Waals surface area contributed by atoms with E-state index >= 15 is 0 Å². The molecular formula is C18H24N2O. The lowest BCUT2D eigenvalue weighted by Gasteiger charge is -2.14. The number of nitrogens with one attached hydrogen (secondary N) is 1. The molecule has 0 aliphatic carbocycles. The van der Waals surface area contributed by atoms with Crippen molar-refractivity contribution in [3.63, 3.8) is 0 Å². The van der Waals surface area contributed by atoms with Crippen molar-refractivity contribution in [2.45, 2.75) is 46.3 Å². The molecular weight excluding hydrogens is 260 g/mol. The van der Waals surface area contributed by atoms with E-state index in [1.807, 2.05) is 26.0 Å². The van der Waals surface area contributed by atoms with Gasteiger partial charge in [-0.3, -0.25) is 0 Å². The van der Waals surface area contributed by atoms with Crippen LogP contribution in [-0.2, 0) is 6.54 Å². The first kappa shape index (κ1) is 15.4. The average molecular weight is 284 g/mol. The highest BCUT2D eigenvalue weighted by molar-refractivity contribution is 5.50. The van der Waals surface area contributed by atoms with Crippen LogP contribution in [-0.4, -0.2) is 11.1 Å². The zero-order valence-corrected chi connectivity index (χ0v) is 13.3. The van der Waals surface area contributed by atoms with Gasteiger partial charge < -0.3 is 10.1 Å². The standard InChI is InChI=1S/C18H24N2O/c1-13(2)16-9-7-15(8-10-16)12-20-18-17(21-14(3)4)6-5-11-19-18/h5-11,13-14H,12H2,1-4H3,(H,19,20). The summed E-state index contributed by atoms with van der Waals surface area (Å²) in [7, 11) is 0. The van der Waals surface area contributed by atoms with Gasteiger partial charge >= 0.3 is 0 Å². The number of nitrogens with zero attached hydrogens (tertiary/aromatic N) is 1. The molecule has 1 aromatic heterocycles. The van der Waals surface area contributed by atoms with Crippen molar-refractivity contribution < 1.29 is 4.74 Å². The molecule has 2 aromatic rings. The van der Waals surface area contributed by atoms with Crippen molar-refractivity contribution in [2.75, 3.05) is 5.32 Å². The quantitative estimate of drug-likeness (QED) is 0.841. The predicted molar refractivity (Wildman–Crippen MR) is 87.9 cm³/mol. The fourth-order valence-corrected chi connectivity index (χ4v) is 2.08. The van der Waals surface area contributed by atoms with Crippen LogP contribution in [0.25, 0.3) is 0 Å². The molecule has 0 aliphatic rings. The van der Waals surface area contributed by atoms with Gasteiger partial charge in [0.15, 0.2) is 11.6 Å². The molecule has 3 nitrogen and oxygen atoms in total. The Labute approximate surface area is 127 Å². The first-order chi connectivity index (χ1) is 10.1. The monoisotopic (exact) mass is 284 g/mol. The van der Waals surface area contributed by atoms with Crippen LogP contribution in [0.5, 0.6) is 5.75 Å². The zero-order valence-electron chi connectivity index (χ0n) is 13.3. The first-order valence-electron chi connectivity index (χ1n) is 7.50. The number of hydrogen-bond acceptors (Lipinski definition) is 3. The summed E-state index contributed by atoms with van der Waals surface area (Å²) in [6, 6.07) is 12.5. The minimum absolute atomic E-state index is 0.139. The van der Waals surface area contributed by atoms with Crippen molar-refractivity contribution in [1.29, 1.82) is 0 Å². The summed E-state index contributed by atoms with van der Waals surface area (Å²) in [6.07, 6.45) is 1.91. The van der Waals surface area contributed by atoms with Crippen molar-refractivity contribution in [3.8, 4) is 5.75 Å². The second kappa shape index (κ2) is 7.11. The van der Waals surface area contributed by atoms with Crippen LogP contribution in [0.1, 0.15) is 44.7 Å². The van der Waals surface area contributed by atoms with Gasteiger partial charge in [-0.2, -0.15) is 0 Å². The highest BCUT2D eigenvalue weighted by atomic mass is 16.5. The van der Waals surface area contributed by atoms with Crippen molar-refractivity contribution in [3.05, 3.63) is 53.7 Å². The van der Waals surface area contributed by atoms with Gasteiger partial charge in [0, 0.05) is 12.7 Å². The Morgan fingerprint density at radius 2 is 1.76 bits per heavy atom. The molecule has 0 unspecified atom stereocenters. The Kier molecular flexibility index (Phi) is 5.20. The summed E-state index contributed by atoms with van der Waals surface area (Å²) < 4.78 is 5.76. The second-order valence-electron chi connectivity index (χ2n) is 5.77. The van der Waals surface area contributed by atoms with Crippen LogP contribution < -0.4 is 10.1 Å². The summed E-state index contributed by atoms with van der Waals surface area (Å²) >= 11 is 0. The number of hydrogen-bond donors (Lipinski definition) is 1. The summed E-state index contributed by atoms with van der Waals surface area (Å²) in [5.74, 6) is 2.15. The smallest absolute Gasteiger partial charge is 0.169 e. The third-order valence-electron chi connectivity index (χ3n) is 3.24. The van der Waals surface area contributed by atoms with E-state index in [4.69, 9.17) is 4.74 Å². The summed E-state index contributed by atoms with van der Waals surface area (Å²) in [6.45, 7) is 9.18. The van der Waals surface area contributed by atoms with Crippen molar-refractivity contribution in [2.24, 2.45) is 0 Å². The highest BCUT2D eigenvalue weighted by Crippen LogP contribution is 2.23. The summed E-state index contributed by atoms with van der Waals surface area (Å²) in [4.78, 5) is 4.36. The van der Waals surface area contributed by atoms with Crippen molar-refractivity contribution >= 4 is 5.82 Å². The van der Waals surface area contributed by atoms with Crippen LogP contribution in [0.3, 0.4) is 0 Å². The molecule has 0 bridgehead atoms. The van der Waals surface area contributed by atoms with E-state index in [1.165, 1.54) is 11.1 Å². The van der Waals surface area contributed by atoms with Gasteiger partial charge in [-0.25, -0.2) is 4.98 Å². The molecule has 0 saturated heterocycles. The van der Waals surface area contributed by atoms with Gasteiger partial charge in [0.25, 0.3) is 0 Å². The third kappa shape index (κ3) is 4.48. The second-order valence-corrected chi connectivity index (χ2v) is 5.77. The Morgan fingerprint density at radius 3 is 2.38 bits per heavy atom. The van der Waals surface area contributed by atoms with Crippen LogP contribution in [0.2, 0.25) is 0 Å². The fourth-order valence-electron chi connectivity index (χ4n) is 2.08. The van der Waals surface area contributed by atoms with Crippen molar-refractivity contribution in [1.82, 2.24) is 4.98 Å². The molecule has 0 fully saturated rings.